The summed E-state index contributed by atoms with van der Waals surface area (Å²) in [6, 6.07) is 5.61. The van der Waals surface area contributed by atoms with Crippen molar-refractivity contribution in [2.75, 3.05) is 12.4 Å². The van der Waals surface area contributed by atoms with Gasteiger partial charge in [-0.15, -0.1) is 0 Å². The molecule has 0 spiro atoms. The molecule has 2 bridgehead atoms. The lowest BCUT2D eigenvalue weighted by Crippen LogP contribution is -2.44. The van der Waals surface area contributed by atoms with Gasteiger partial charge >= 0.3 is 0 Å². The third kappa shape index (κ3) is 2.41. The average molecular weight is 261 g/mol. The Hall–Kier alpha value is -1.29. The van der Waals surface area contributed by atoms with Crippen LogP contribution in [0, 0.1) is 0 Å². The number of piperidine rings is 1. The summed E-state index contributed by atoms with van der Waals surface area (Å²) in [5.41, 5.74) is 1.16. The third-order valence-electron chi connectivity index (χ3n) is 4.79. The number of nitrogens with zero attached hydrogens (tertiary/aromatic N) is 2. The molecule has 1 aromatic rings. The fourth-order valence-corrected chi connectivity index (χ4v) is 3.63. The second kappa shape index (κ2) is 5.00. The highest BCUT2D eigenvalue weighted by molar-refractivity contribution is 5.41. The van der Waals surface area contributed by atoms with Crippen LogP contribution in [0.2, 0.25) is 0 Å². The van der Waals surface area contributed by atoms with Gasteiger partial charge in [0.1, 0.15) is 0 Å². The van der Waals surface area contributed by atoms with Crippen molar-refractivity contribution in [3.63, 3.8) is 0 Å². The van der Waals surface area contributed by atoms with E-state index in [9.17, 15) is 4.79 Å². The number of aromatic nitrogens is 1. The number of fused-ring (bicyclic) bond motifs is 2. The lowest BCUT2D eigenvalue weighted by molar-refractivity contribution is 0.169. The topological polar surface area (TPSA) is 37.3 Å². The van der Waals surface area contributed by atoms with E-state index in [1.165, 1.54) is 25.7 Å². The van der Waals surface area contributed by atoms with Gasteiger partial charge < -0.3 is 14.8 Å². The van der Waals surface area contributed by atoms with Gasteiger partial charge in [-0.05, 0) is 45.7 Å². The quantitative estimate of drug-likeness (QED) is 0.903. The van der Waals surface area contributed by atoms with Crippen LogP contribution in [0.3, 0.4) is 0 Å². The van der Waals surface area contributed by atoms with E-state index in [1.807, 2.05) is 19.2 Å². The van der Waals surface area contributed by atoms with Crippen LogP contribution in [0.1, 0.15) is 32.6 Å². The molecule has 0 aromatic carbocycles. The molecular formula is C15H23N3O. The smallest absolute Gasteiger partial charge is 0.250 e. The second-order valence-corrected chi connectivity index (χ2v) is 5.91. The predicted molar refractivity (Wildman–Crippen MR) is 77.6 cm³/mol. The van der Waals surface area contributed by atoms with Crippen LogP contribution in [0.5, 0.6) is 0 Å². The summed E-state index contributed by atoms with van der Waals surface area (Å²) in [7, 11) is 2.26. The van der Waals surface area contributed by atoms with Gasteiger partial charge in [-0.25, -0.2) is 0 Å². The minimum Gasteiger partial charge on any atom is -0.381 e. The van der Waals surface area contributed by atoms with Crippen molar-refractivity contribution in [1.29, 1.82) is 0 Å². The molecule has 2 aliphatic heterocycles. The Morgan fingerprint density at radius 2 is 1.95 bits per heavy atom. The highest BCUT2D eigenvalue weighted by Crippen LogP contribution is 2.35. The van der Waals surface area contributed by atoms with Gasteiger partial charge in [0.05, 0.1) is 5.69 Å². The van der Waals surface area contributed by atoms with Crippen LogP contribution in [0.4, 0.5) is 5.69 Å². The van der Waals surface area contributed by atoms with Crippen LogP contribution in [-0.4, -0.2) is 34.6 Å². The normalized spacial score (nSPS) is 30.5. The zero-order chi connectivity index (χ0) is 13.4. The van der Waals surface area contributed by atoms with Gasteiger partial charge in [0.2, 0.25) is 0 Å². The minimum atomic E-state index is 0.0801. The fraction of sp³-hybridized carbons (Fsp3) is 0.667. The Balaban J connectivity index is 1.71. The Labute approximate surface area is 114 Å². The monoisotopic (exact) mass is 261 g/mol. The van der Waals surface area contributed by atoms with Crippen molar-refractivity contribution in [1.82, 2.24) is 9.47 Å². The molecule has 2 fully saturated rings. The Kier molecular flexibility index (Phi) is 3.35. The first kappa shape index (κ1) is 12.7. The molecule has 3 rings (SSSR count). The number of anilines is 1. The summed E-state index contributed by atoms with van der Waals surface area (Å²) in [6.07, 6.45) is 7.07. The van der Waals surface area contributed by atoms with Crippen molar-refractivity contribution in [3.05, 3.63) is 28.7 Å². The summed E-state index contributed by atoms with van der Waals surface area (Å²) in [5.74, 6) is 0. The van der Waals surface area contributed by atoms with E-state index in [4.69, 9.17) is 0 Å². The molecule has 19 heavy (non-hydrogen) atoms. The molecular weight excluding hydrogens is 238 g/mol. The lowest BCUT2D eigenvalue weighted by Gasteiger charge is -2.37. The highest BCUT2D eigenvalue weighted by Gasteiger charge is 2.38. The summed E-state index contributed by atoms with van der Waals surface area (Å²) in [4.78, 5) is 14.1. The first-order chi connectivity index (χ1) is 9.17. The van der Waals surface area contributed by atoms with E-state index in [0.29, 0.717) is 6.04 Å². The highest BCUT2D eigenvalue weighted by atomic mass is 16.1. The molecule has 0 aliphatic carbocycles. The van der Waals surface area contributed by atoms with Gasteiger partial charge in [-0.1, -0.05) is 0 Å². The number of rotatable bonds is 3. The van der Waals surface area contributed by atoms with Crippen molar-refractivity contribution >= 4 is 5.69 Å². The minimum absolute atomic E-state index is 0.0801. The predicted octanol–water partition coefficient (Wildman–Crippen LogP) is 1.91. The molecule has 104 valence electrons. The molecule has 3 heterocycles. The molecule has 2 aliphatic rings. The summed E-state index contributed by atoms with van der Waals surface area (Å²) in [6.45, 7) is 2.73. The van der Waals surface area contributed by atoms with E-state index >= 15 is 0 Å². The Bertz CT molecular complexity index is 496. The average Bonchev–Trinajstić information content (AvgIpc) is 2.64. The summed E-state index contributed by atoms with van der Waals surface area (Å²) in [5, 5.41) is 3.62. The summed E-state index contributed by atoms with van der Waals surface area (Å²) < 4.78 is 1.76. The van der Waals surface area contributed by atoms with E-state index in [0.717, 1.165) is 24.3 Å². The molecule has 0 saturated carbocycles. The summed E-state index contributed by atoms with van der Waals surface area (Å²) >= 11 is 0. The van der Waals surface area contributed by atoms with Gasteiger partial charge in [0, 0.05) is 36.9 Å². The van der Waals surface area contributed by atoms with Crippen LogP contribution < -0.4 is 10.9 Å². The number of hydrogen-bond acceptors (Lipinski definition) is 3. The molecule has 0 amide bonds. The van der Waals surface area contributed by atoms with Gasteiger partial charge in [0.15, 0.2) is 0 Å². The first-order valence-electron chi connectivity index (χ1n) is 7.36. The second-order valence-electron chi connectivity index (χ2n) is 5.91. The maximum Gasteiger partial charge on any atom is 0.250 e. The number of aryl methyl sites for hydroxylation is 1. The Morgan fingerprint density at radius 1 is 1.26 bits per heavy atom. The van der Waals surface area contributed by atoms with E-state index in [1.54, 1.807) is 10.6 Å². The van der Waals surface area contributed by atoms with E-state index in [2.05, 4.69) is 17.3 Å². The largest absolute Gasteiger partial charge is 0.381 e. The van der Waals surface area contributed by atoms with Crippen molar-refractivity contribution in [3.8, 4) is 0 Å². The molecule has 2 unspecified atom stereocenters. The van der Waals surface area contributed by atoms with Gasteiger partial charge in [-0.3, -0.25) is 4.79 Å². The third-order valence-corrected chi connectivity index (χ3v) is 4.79. The molecule has 1 aromatic heterocycles. The number of hydrogen-bond donors (Lipinski definition) is 1. The van der Waals surface area contributed by atoms with Gasteiger partial charge in [0.25, 0.3) is 5.56 Å². The van der Waals surface area contributed by atoms with Crippen molar-refractivity contribution < 1.29 is 0 Å². The SMILES string of the molecule is CCn1cc(NC2CC3CCC(C2)N3C)ccc1=O. The standard InChI is InChI=1S/C15H23N3O/c1-3-18-10-11(4-7-15(18)19)16-12-8-13-5-6-14(9-12)17(13)2/h4,7,10,12-14,16H,3,5-6,8-9H2,1-2H3. The number of pyridine rings is 1. The fourth-order valence-electron chi connectivity index (χ4n) is 3.63. The lowest BCUT2D eigenvalue weighted by atomic mass is 9.98. The zero-order valence-corrected chi connectivity index (χ0v) is 11.8. The molecule has 2 saturated heterocycles. The van der Waals surface area contributed by atoms with Crippen molar-refractivity contribution in [2.45, 2.75) is 57.3 Å². The molecule has 4 heteroatoms. The van der Waals surface area contributed by atoms with E-state index in [-0.39, 0.29) is 5.56 Å². The van der Waals surface area contributed by atoms with Crippen molar-refractivity contribution in [2.24, 2.45) is 0 Å². The molecule has 4 nitrogen and oxygen atoms in total. The van der Waals surface area contributed by atoms with Crippen LogP contribution in [0.25, 0.3) is 0 Å². The first-order valence-corrected chi connectivity index (χ1v) is 7.36. The molecule has 2 atom stereocenters. The van der Waals surface area contributed by atoms with Gasteiger partial charge in [-0.2, -0.15) is 0 Å². The molecule has 0 radical (unpaired) electrons. The van der Waals surface area contributed by atoms with Crippen LogP contribution in [0.15, 0.2) is 23.1 Å². The Morgan fingerprint density at radius 3 is 2.58 bits per heavy atom. The maximum absolute atomic E-state index is 11.6. The zero-order valence-electron chi connectivity index (χ0n) is 11.8. The number of nitrogens with one attached hydrogen (secondary N) is 1. The van der Waals surface area contributed by atoms with Crippen LogP contribution in [-0.2, 0) is 6.54 Å². The molecule has 1 N–H and O–H groups in total. The van der Waals surface area contributed by atoms with Crippen LogP contribution >= 0.6 is 0 Å². The van der Waals surface area contributed by atoms with E-state index < -0.39 is 0 Å². The maximum atomic E-state index is 11.6.